The number of nitrogens with one attached hydrogen (secondary N) is 1. The maximum atomic E-state index is 5.01. The molecule has 0 aliphatic rings. The van der Waals surface area contributed by atoms with Crippen molar-refractivity contribution in [2.45, 2.75) is 0 Å². The Balaban J connectivity index is 3.05. The zero-order valence-electron chi connectivity index (χ0n) is 4.26. The van der Waals surface area contributed by atoms with Crippen molar-refractivity contribution in [2.75, 3.05) is 0 Å². The first-order chi connectivity index (χ1) is 3.93. The van der Waals surface area contributed by atoms with Gasteiger partial charge in [0.15, 0.2) is 0 Å². The van der Waals surface area contributed by atoms with Crippen LogP contribution < -0.4 is 4.98 Å². The molecular weight excluding hydrogens is 100 g/mol. The van der Waals surface area contributed by atoms with Crippen molar-refractivity contribution in [3.05, 3.63) is 24.3 Å². The zero-order valence-corrected chi connectivity index (χ0v) is 4.26. The first kappa shape index (κ1) is 4.79. The van der Waals surface area contributed by atoms with Gasteiger partial charge >= 0.3 is 5.82 Å². The van der Waals surface area contributed by atoms with Gasteiger partial charge in [0.25, 0.3) is 0 Å². The molecule has 0 fully saturated rings. The number of hydrogen-bond acceptors (Lipinski definition) is 1. The SMILES string of the molecule is C#Cc1nccc[nH+]1. The monoisotopic (exact) mass is 105 g/mol. The minimum Gasteiger partial charge on any atom is -0.236 e. The first-order valence-electron chi connectivity index (χ1n) is 2.23. The highest BCUT2D eigenvalue weighted by Crippen LogP contribution is 1.73. The van der Waals surface area contributed by atoms with Gasteiger partial charge in [-0.15, -0.1) is 6.42 Å². The molecule has 2 nitrogen and oxygen atoms in total. The molecule has 1 N–H and O–H groups in total. The van der Waals surface area contributed by atoms with E-state index in [1.807, 2.05) is 0 Å². The highest BCUT2D eigenvalue weighted by atomic mass is 14.8. The quantitative estimate of drug-likeness (QED) is 0.422. The maximum Gasteiger partial charge on any atom is 0.373 e. The van der Waals surface area contributed by atoms with Gasteiger partial charge in [0.05, 0.1) is 6.20 Å². The van der Waals surface area contributed by atoms with Crippen LogP contribution in [-0.4, -0.2) is 4.98 Å². The molecular formula is C6H5N2+. The van der Waals surface area contributed by atoms with Gasteiger partial charge in [0.1, 0.15) is 6.20 Å². The Hall–Kier alpha value is -1.36. The van der Waals surface area contributed by atoms with E-state index in [0.29, 0.717) is 5.82 Å². The lowest BCUT2D eigenvalue weighted by molar-refractivity contribution is -0.386. The van der Waals surface area contributed by atoms with Gasteiger partial charge in [-0.25, -0.2) is 4.98 Å². The van der Waals surface area contributed by atoms with Crippen molar-refractivity contribution < 1.29 is 4.98 Å². The fraction of sp³-hybridized carbons (Fsp3) is 0. The zero-order chi connectivity index (χ0) is 5.82. The molecule has 38 valence electrons. The Morgan fingerprint density at radius 2 is 2.62 bits per heavy atom. The summed E-state index contributed by atoms with van der Waals surface area (Å²) in [7, 11) is 0. The molecule has 0 aliphatic carbocycles. The molecule has 0 atom stereocenters. The van der Waals surface area contributed by atoms with Crippen LogP contribution in [0.2, 0.25) is 0 Å². The molecule has 0 radical (unpaired) electrons. The van der Waals surface area contributed by atoms with Crippen molar-refractivity contribution in [1.82, 2.24) is 4.98 Å². The number of aromatic amines is 1. The number of aromatic nitrogens is 2. The summed E-state index contributed by atoms with van der Waals surface area (Å²) in [6, 6.07) is 1.78. The molecule has 1 heterocycles. The molecule has 0 unspecified atom stereocenters. The molecule has 2 heteroatoms. The molecule has 0 spiro atoms. The molecule has 1 aromatic rings. The second-order valence-corrected chi connectivity index (χ2v) is 1.27. The predicted molar refractivity (Wildman–Crippen MR) is 28.7 cm³/mol. The van der Waals surface area contributed by atoms with Crippen LogP contribution in [0.15, 0.2) is 18.5 Å². The number of hydrogen-bond donors (Lipinski definition) is 0. The van der Waals surface area contributed by atoms with E-state index < -0.39 is 0 Å². The molecule has 0 saturated carbocycles. The average molecular weight is 105 g/mol. The van der Waals surface area contributed by atoms with Gasteiger partial charge < -0.3 is 0 Å². The number of rotatable bonds is 0. The van der Waals surface area contributed by atoms with Crippen LogP contribution in [0.3, 0.4) is 0 Å². The van der Waals surface area contributed by atoms with E-state index in [9.17, 15) is 0 Å². The van der Waals surface area contributed by atoms with Gasteiger partial charge in [0, 0.05) is 12.0 Å². The van der Waals surface area contributed by atoms with E-state index in [2.05, 4.69) is 15.9 Å². The van der Waals surface area contributed by atoms with Crippen LogP contribution in [0.4, 0.5) is 0 Å². The topological polar surface area (TPSA) is 27.0 Å². The molecule has 8 heavy (non-hydrogen) atoms. The predicted octanol–water partition coefficient (Wildman–Crippen LogP) is -0.123. The van der Waals surface area contributed by atoms with Crippen LogP contribution in [-0.2, 0) is 0 Å². The summed E-state index contributed by atoms with van der Waals surface area (Å²) in [5, 5.41) is 0. The van der Waals surface area contributed by atoms with Crippen LogP contribution >= 0.6 is 0 Å². The Morgan fingerprint density at radius 1 is 1.75 bits per heavy atom. The third-order valence-corrected chi connectivity index (χ3v) is 0.743. The lowest BCUT2D eigenvalue weighted by Gasteiger charge is -1.71. The van der Waals surface area contributed by atoms with E-state index in [0.717, 1.165) is 0 Å². The standard InChI is InChI=1S/C6H4N2/c1-2-6-7-4-3-5-8-6/h1,3-5H/p+1. The van der Waals surface area contributed by atoms with Gasteiger partial charge in [-0.3, -0.25) is 0 Å². The summed E-state index contributed by atoms with van der Waals surface area (Å²) >= 11 is 0. The van der Waals surface area contributed by atoms with Crippen molar-refractivity contribution >= 4 is 0 Å². The fourth-order valence-electron chi connectivity index (χ4n) is 0.404. The normalized spacial score (nSPS) is 7.88. The summed E-state index contributed by atoms with van der Waals surface area (Å²) in [6.07, 6.45) is 8.39. The van der Waals surface area contributed by atoms with E-state index in [4.69, 9.17) is 6.42 Å². The Morgan fingerprint density at radius 3 is 3.00 bits per heavy atom. The lowest BCUT2D eigenvalue weighted by Crippen LogP contribution is -2.07. The smallest absolute Gasteiger partial charge is 0.236 e. The van der Waals surface area contributed by atoms with E-state index in [-0.39, 0.29) is 0 Å². The minimum absolute atomic E-state index is 0.563. The molecule has 1 rings (SSSR count). The summed E-state index contributed by atoms with van der Waals surface area (Å²) in [5.41, 5.74) is 0. The molecule has 0 bridgehead atoms. The maximum absolute atomic E-state index is 5.01. The Bertz CT molecular complexity index is 198. The Kier molecular flexibility index (Phi) is 1.25. The average Bonchev–Trinajstić information content (AvgIpc) is 1.90. The number of terminal acetylenes is 1. The van der Waals surface area contributed by atoms with Crippen LogP contribution in [0.25, 0.3) is 0 Å². The lowest BCUT2D eigenvalue weighted by atomic mass is 10.6. The van der Waals surface area contributed by atoms with E-state index >= 15 is 0 Å². The van der Waals surface area contributed by atoms with E-state index in [1.54, 1.807) is 18.5 Å². The van der Waals surface area contributed by atoms with Crippen LogP contribution in [0.1, 0.15) is 5.82 Å². The molecule has 0 amide bonds. The van der Waals surface area contributed by atoms with Gasteiger partial charge in [-0.2, -0.15) is 0 Å². The van der Waals surface area contributed by atoms with Gasteiger partial charge in [-0.05, 0) is 4.98 Å². The second-order valence-electron chi connectivity index (χ2n) is 1.27. The third-order valence-electron chi connectivity index (χ3n) is 0.743. The minimum atomic E-state index is 0.563. The van der Waals surface area contributed by atoms with Crippen molar-refractivity contribution in [2.24, 2.45) is 0 Å². The summed E-state index contributed by atoms with van der Waals surface area (Å²) in [5.74, 6) is 2.92. The molecule has 0 aromatic carbocycles. The number of nitrogens with zero attached hydrogens (tertiary/aromatic N) is 1. The summed E-state index contributed by atoms with van der Waals surface area (Å²) in [4.78, 5) is 6.58. The highest BCUT2D eigenvalue weighted by Gasteiger charge is 1.90. The second kappa shape index (κ2) is 2.08. The number of H-pyrrole nitrogens is 1. The van der Waals surface area contributed by atoms with Crippen molar-refractivity contribution in [3.8, 4) is 12.3 Å². The molecule has 0 saturated heterocycles. The van der Waals surface area contributed by atoms with Gasteiger partial charge in [0.2, 0.25) is 0 Å². The Labute approximate surface area is 47.6 Å². The van der Waals surface area contributed by atoms with E-state index in [1.165, 1.54) is 0 Å². The largest absolute Gasteiger partial charge is 0.373 e. The van der Waals surface area contributed by atoms with Crippen molar-refractivity contribution in [3.63, 3.8) is 0 Å². The first-order valence-corrected chi connectivity index (χ1v) is 2.23. The molecule has 1 aromatic heterocycles. The summed E-state index contributed by atoms with van der Waals surface area (Å²) < 4.78 is 0. The highest BCUT2D eigenvalue weighted by molar-refractivity contribution is 5.07. The van der Waals surface area contributed by atoms with Crippen molar-refractivity contribution in [1.29, 1.82) is 0 Å². The van der Waals surface area contributed by atoms with Crippen LogP contribution in [0.5, 0.6) is 0 Å². The summed E-state index contributed by atoms with van der Waals surface area (Å²) in [6.45, 7) is 0. The third kappa shape index (κ3) is 0.824. The van der Waals surface area contributed by atoms with Crippen LogP contribution in [0, 0.1) is 12.3 Å². The fourth-order valence-corrected chi connectivity index (χ4v) is 0.404. The molecule has 0 aliphatic heterocycles. The van der Waals surface area contributed by atoms with Gasteiger partial charge in [-0.1, -0.05) is 0 Å².